The molecule has 8 heteroatoms. The first-order valence-electron chi connectivity index (χ1n) is 4.89. The fourth-order valence-corrected chi connectivity index (χ4v) is 2.72. The molecule has 0 saturated carbocycles. The molecule has 6 nitrogen and oxygen atoms in total. The van der Waals surface area contributed by atoms with E-state index in [-0.39, 0.29) is 0 Å². The number of nitrogen functional groups attached to an aromatic ring is 1. The zero-order chi connectivity index (χ0) is 13.9. The van der Waals surface area contributed by atoms with Crippen LogP contribution in [0.1, 0.15) is 6.92 Å². The summed E-state index contributed by atoms with van der Waals surface area (Å²) in [6, 6.07) is 3.84. The lowest BCUT2D eigenvalue weighted by atomic mass is 10.3. The first-order chi connectivity index (χ1) is 8.32. The summed E-state index contributed by atoms with van der Waals surface area (Å²) in [4.78, 5) is 22.4. The van der Waals surface area contributed by atoms with Crippen LogP contribution in [0, 0.1) is 0 Å². The molecule has 0 bridgehead atoms. The summed E-state index contributed by atoms with van der Waals surface area (Å²) in [7, 11) is -1.66. The van der Waals surface area contributed by atoms with Crippen molar-refractivity contribution in [3.63, 3.8) is 0 Å². The van der Waals surface area contributed by atoms with E-state index in [1.165, 1.54) is 6.92 Å². The maximum Gasteiger partial charge on any atom is 0.318 e. The minimum absolute atomic E-state index is 0.307. The molecule has 3 amide bonds. The van der Waals surface area contributed by atoms with E-state index in [2.05, 4.69) is 15.9 Å². The van der Waals surface area contributed by atoms with Gasteiger partial charge in [-0.2, -0.15) is 0 Å². The lowest BCUT2D eigenvalue weighted by molar-refractivity contribution is -0.119. The molecule has 0 radical (unpaired) electrons. The van der Waals surface area contributed by atoms with Crippen molar-refractivity contribution in [2.75, 3.05) is 5.73 Å². The summed E-state index contributed by atoms with van der Waals surface area (Å²) in [6.07, 6.45) is 0. The summed E-state index contributed by atoms with van der Waals surface area (Å²) in [5, 5.41) is 0.951. The number of benzene rings is 1. The van der Waals surface area contributed by atoms with Crippen molar-refractivity contribution in [3.05, 3.63) is 22.7 Å². The lowest BCUT2D eigenvalue weighted by Gasteiger charge is -2.12. The molecule has 0 aliphatic carbocycles. The average Bonchev–Trinajstić information content (AvgIpc) is 2.26. The second-order valence-electron chi connectivity index (χ2n) is 3.48. The van der Waals surface area contributed by atoms with Gasteiger partial charge < -0.3 is 11.5 Å². The van der Waals surface area contributed by atoms with Crippen molar-refractivity contribution in [1.29, 1.82) is 0 Å². The number of primary amides is 1. The Morgan fingerprint density at radius 3 is 2.56 bits per heavy atom. The van der Waals surface area contributed by atoms with Gasteiger partial charge in [0.1, 0.15) is 5.25 Å². The Bertz CT molecular complexity index is 521. The molecule has 18 heavy (non-hydrogen) atoms. The second kappa shape index (κ2) is 5.96. The van der Waals surface area contributed by atoms with Gasteiger partial charge in [0.25, 0.3) is 0 Å². The highest BCUT2D eigenvalue weighted by Crippen LogP contribution is 2.23. The molecule has 0 saturated heterocycles. The molecule has 0 fully saturated rings. The second-order valence-corrected chi connectivity index (χ2v) is 6.13. The Kier molecular flexibility index (Phi) is 4.85. The molecule has 1 aromatic carbocycles. The van der Waals surface area contributed by atoms with Crippen LogP contribution in [0.4, 0.5) is 10.5 Å². The summed E-state index contributed by atoms with van der Waals surface area (Å²) < 4.78 is 12.8. The smallest absolute Gasteiger partial charge is 0.318 e. The van der Waals surface area contributed by atoms with Crippen molar-refractivity contribution in [2.45, 2.75) is 17.1 Å². The number of nitrogens with two attached hydrogens (primary N) is 2. The molecule has 0 aliphatic heterocycles. The van der Waals surface area contributed by atoms with E-state index in [4.69, 9.17) is 11.5 Å². The van der Waals surface area contributed by atoms with Gasteiger partial charge >= 0.3 is 6.03 Å². The van der Waals surface area contributed by atoms with E-state index in [9.17, 15) is 13.8 Å². The van der Waals surface area contributed by atoms with Gasteiger partial charge in [0, 0.05) is 10.2 Å². The van der Waals surface area contributed by atoms with Crippen molar-refractivity contribution in [2.24, 2.45) is 5.73 Å². The van der Waals surface area contributed by atoms with Crippen LogP contribution in [0.3, 0.4) is 0 Å². The van der Waals surface area contributed by atoms with Crippen LogP contribution in [-0.2, 0) is 15.6 Å². The van der Waals surface area contributed by atoms with Gasteiger partial charge in [0.2, 0.25) is 5.91 Å². The van der Waals surface area contributed by atoms with Gasteiger partial charge in [-0.15, -0.1) is 0 Å². The third-order valence-electron chi connectivity index (χ3n) is 2.13. The zero-order valence-electron chi connectivity index (χ0n) is 9.48. The summed E-state index contributed by atoms with van der Waals surface area (Å²) in [5.41, 5.74) is 10.8. The van der Waals surface area contributed by atoms with Crippen molar-refractivity contribution >= 4 is 44.4 Å². The van der Waals surface area contributed by atoms with Crippen molar-refractivity contribution < 1.29 is 13.8 Å². The molecule has 98 valence electrons. The van der Waals surface area contributed by atoms with Crippen molar-refractivity contribution in [1.82, 2.24) is 5.32 Å². The third-order valence-corrected chi connectivity index (χ3v) is 4.28. The number of halogens is 1. The van der Waals surface area contributed by atoms with E-state index >= 15 is 0 Å². The van der Waals surface area contributed by atoms with E-state index in [0.29, 0.717) is 10.6 Å². The van der Waals surface area contributed by atoms with Crippen LogP contribution in [0.15, 0.2) is 27.6 Å². The Balaban J connectivity index is 2.93. The van der Waals surface area contributed by atoms with Gasteiger partial charge in [-0.05, 0) is 25.1 Å². The largest absolute Gasteiger partial charge is 0.398 e. The number of nitrogens with one attached hydrogen (secondary N) is 1. The van der Waals surface area contributed by atoms with Gasteiger partial charge in [-0.25, -0.2) is 4.79 Å². The van der Waals surface area contributed by atoms with E-state index in [1.54, 1.807) is 18.2 Å². The van der Waals surface area contributed by atoms with Crippen LogP contribution in [0.25, 0.3) is 0 Å². The molecular formula is C10H12BrN3O3S. The highest BCUT2D eigenvalue weighted by atomic mass is 79.9. The molecule has 0 heterocycles. The van der Waals surface area contributed by atoms with E-state index in [0.717, 1.165) is 4.47 Å². The summed E-state index contributed by atoms with van der Waals surface area (Å²) >= 11 is 3.22. The van der Waals surface area contributed by atoms with Crippen LogP contribution in [0.2, 0.25) is 0 Å². The molecule has 5 N–H and O–H groups in total. The number of rotatable bonds is 3. The first kappa shape index (κ1) is 14.7. The Morgan fingerprint density at radius 2 is 2.06 bits per heavy atom. The monoisotopic (exact) mass is 333 g/mol. The Morgan fingerprint density at radius 1 is 1.44 bits per heavy atom. The zero-order valence-corrected chi connectivity index (χ0v) is 11.9. The normalized spacial score (nSPS) is 13.7. The number of carbonyl (C=O) groups is 2. The molecule has 2 atom stereocenters. The maximum absolute atomic E-state index is 12.1. The molecule has 0 aromatic heterocycles. The highest BCUT2D eigenvalue weighted by molar-refractivity contribution is 9.10. The maximum atomic E-state index is 12.1. The molecule has 0 aliphatic rings. The Labute approximate surface area is 115 Å². The molecule has 0 spiro atoms. The SMILES string of the molecule is CC(C(=O)NC(N)=O)S(=O)c1ccc(Br)cc1N. The van der Waals surface area contributed by atoms with Crippen LogP contribution in [-0.4, -0.2) is 21.4 Å². The lowest BCUT2D eigenvalue weighted by Crippen LogP contribution is -2.42. The standard InChI is InChI=1S/C10H12BrN3O3S/c1-5(9(15)14-10(13)16)18(17)8-3-2-6(11)4-7(8)12/h2-5H,12H2,1H3,(H3,13,14,15,16). The van der Waals surface area contributed by atoms with Gasteiger partial charge in [-0.3, -0.25) is 14.3 Å². The van der Waals surface area contributed by atoms with Crippen LogP contribution < -0.4 is 16.8 Å². The van der Waals surface area contributed by atoms with Gasteiger partial charge in [0.15, 0.2) is 0 Å². The van der Waals surface area contributed by atoms with Gasteiger partial charge in [0.05, 0.1) is 15.7 Å². The molecule has 1 rings (SSSR count). The predicted octanol–water partition coefficient (Wildman–Crippen LogP) is 0.722. The fraction of sp³-hybridized carbons (Fsp3) is 0.200. The minimum Gasteiger partial charge on any atom is -0.398 e. The van der Waals surface area contributed by atoms with Crippen LogP contribution >= 0.6 is 15.9 Å². The number of urea groups is 1. The number of anilines is 1. The average molecular weight is 334 g/mol. The van der Waals surface area contributed by atoms with E-state index in [1.807, 2.05) is 5.32 Å². The fourth-order valence-electron chi connectivity index (χ4n) is 1.21. The van der Waals surface area contributed by atoms with Crippen molar-refractivity contribution in [3.8, 4) is 0 Å². The topological polar surface area (TPSA) is 115 Å². The molecular weight excluding hydrogens is 322 g/mol. The summed E-state index contributed by atoms with van der Waals surface area (Å²) in [6.45, 7) is 1.43. The predicted molar refractivity (Wildman–Crippen MR) is 72.2 cm³/mol. The van der Waals surface area contributed by atoms with E-state index < -0.39 is 28.0 Å². The number of amides is 3. The Hall–Kier alpha value is -1.41. The quantitative estimate of drug-likeness (QED) is 0.707. The summed E-state index contributed by atoms with van der Waals surface area (Å²) in [5.74, 6) is -0.705. The number of hydrogen-bond acceptors (Lipinski definition) is 4. The van der Waals surface area contributed by atoms with Crippen LogP contribution in [0.5, 0.6) is 0 Å². The van der Waals surface area contributed by atoms with Gasteiger partial charge in [-0.1, -0.05) is 15.9 Å². The minimum atomic E-state index is -1.66. The molecule has 1 aromatic rings. The number of hydrogen-bond donors (Lipinski definition) is 3. The highest BCUT2D eigenvalue weighted by Gasteiger charge is 2.23. The number of imide groups is 1. The third kappa shape index (κ3) is 3.54. The number of carbonyl (C=O) groups excluding carboxylic acids is 2. The first-order valence-corrected chi connectivity index (χ1v) is 6.89. The molecule has 2 unspecified atom stereocenters.